The molecule has 1 aliphatic rings. The van der Waals surface area contributed by atoms with Crippen molar-refractivity contribution in [2.75, 3.05) is 13.2 Å². The molecular weight excluding hydrogens is 328 g/mol. The van der Waals surface area contributed by atoms with Crippen LogP contribution in [0.25, 0.3) is 11.3 Å². The second kappa shape index (κ2) is 6.88. The monoisotopic (exact) mass is 346 g/mol. The van der Waals surface area contributed by atoms with Crippen LogP contribution in [0.1, 0.15) is 15.9 Å². The van der Waals surface area contributed by atoms with Gasteiger partial charge in [-0.25, -0.2) is 0 Å². The van der Waals surface area contributed by atoms with Crippen LogP contribution in [0.2, 0.25) is 0 Å². The average Bonchev–Trinajstić information content (AvgIpc) is 2.90. The molecule has 130 valence electrons. The van der Waals surface area contributed by atoms with Crippen molar-refractivity contribution in [3.05, 3.63) is 88.2 Å². The highest BCUT2D eigenvalue weighted by Crippen LogP contribution is 2.23. The largest absolute Gasteiger partial charge is 0.491 e. The molecule has 0 bridgehead atoms. The maximum atomic E-state index is 12.9. The van der Waals surface area contributed by atoms with E-state index in [0.717, 1.165) is 16.9 Å². The van der Waals surface area contributed by atoms with Crippen LogP contribution in [-0.4, -0.2) is 28.9 Å². The van der Waals surface area contributed by atoms with Crippen LogP contribution in [0.3, 0.4) is 0 Å². The Morgan fingerprint density at radius 2 is 1.73 bits per heavy atom. The molecule has 1 aromatic heterocycles. The van der Waals surface area contributed by atoms with Crippen LogP contribution in [0, 0.1) is 0 Å². The number of aromatic amines is 1. The van der Waals surface area contributed by atoms with E-state index < -0.39 is 0 Å². The average molecular weight is 346 g/mol. The number of H-pyrrole nitrogens is 1. The normalized spacial score (nSPS) is 13.5. The molecule has 0 aliphatic carbocycles. The van der Waals surface area contributed by atoms with Crippen LogP contribution in [0.15, 0.2) is 71.5 Å². The minimum Gasteiger partial charge on any atom is -0.491 e. The lowest BCUT2D eigenvalue weighted by molar-refractivity contribution is 0.0731. The summed E-state index contributed by atoms with van der Waals surface area (Å²) in [7, 11) is 0. The summed E-state index contributed by atoms with van der Waals surface area (Å²) in [4.78, 5) is 29.8. The Balaban J connectivity index is 1.61. The lowest BCUT2D eigenvalue weighted by Gasteiger charge is -2.19. The second-order valence-electron chi connectivity index (χ2n) is 6.16. The van der Waals surface area contributed by atoms with Gasteiger partial charge in [0.25, 0.3) is 11.5 Å². The fourth-order valence-corrected chi connectivity index (χ4v) is 3.10. The first kappa shape index (κ1) is 16.1. The number of amides is 1. The Morgan fingerprint density at radius 1 is 0.962 bits per heavy atom. The molecule has 0 saturated heterocycles. The van der Waals surface area contributed by atoms with Crippen molar-refractivity contribution in [2.45, 2.75) is 6.54 Å². The lowest BCUT2D eigenvalue weighted by atomic mass is 10.1. The molecule has 26 heavy (non-hydrogen) atoms. The van der Waals surface area contributed by atoms with Gasteiger partial charge in [0.1, 0.15) is 17.9 Å². The summed E-state index contributed by atoms with van der Waals surface area (Å²) < 4.78 is 5.69. The first-order valence-corrected chi connectivity index (χ1v) is 8.51. The number of carbonyl (C=O) groups is 1. The summed E-state index contributed by atoms with van der Waals surface area (Å²) in [5.41, 5.74) is 2.30. The zero-order valence-electron chi connectivity index (χ0n) is 14.1. The fraction of sp³-hybridized carbons (Fsp3) is 0.143. The molecule has 5 heteroatoms. The highest BCUT2D eigenvalue weighted by atomic mass is 16.5. The summed E-state index contributed by atoms with van der Waals surface area (Å²) in [5.74, 6) is 0.502. The van der Waals surface area contributed by atoms with E-state index in [-0.39, 0.29) is 17.0 Å². The summed E-state index contributed by atoms with van der Waals surface area (Å²) in [6.07, 6.45) is 0. The van der Waals surface area contributed by atoms with Crippen molar-refractivity contribution in [2.24, 2.45) is 0 Å². The zero-order chi connectivity index (χ0) is 17.9. The molecule has 0 saturated carbocycles. The number of benzene rings is 2. The van der Waals surface area contributed by atoms with Crippen molar-refractivity contribution in [3.8, 4) is 17.0 Å². The van der Waals surface area contributed by atoms with Gasteiger partial charge in [-0.15, -0.1) is 0 Å². The molecule has 1 N–H and O–H groups in total. The molecule has 1 amide bonds. The maximum absolute atomic E-state index is 12.9. The van der Waals surface area contributed by atoms with Gasteiger partial charge in [0.2, 0.25) is 0 Å². The third kappa shape index (κ3) is 3.11. The van der Waals surface area contributed by atoms with Crippen LogP contribution < -0.4 is 10.3 Å². The molecule has 0 fully saturated rings. The minimum absolute atomic E-state index is 0.143. The molecule has 2 heterocycles. The van der Waals surface area contributed by atoms with Crippen molar-refractivity contribution >= 4 is 5.91 Å². The number of hydrogen-bond donors (Lipinski definition) is 1. The molecule has 0 unspecified atom stereocenters. The fourth-order valence-electron chi connectivity index (χ4n) is 3.10. The number of nitrogens with one attached hydrogen (secondary N) is 1. The van der Waals surface area contributed by atoms with E-state index in [1.165, 1.54) is 0 Å². The molecule has 0 radical (unpaired) electrons. The molecule has 3 aromatic rings. The molecule has 0 atom stereocenters. The van der Waals surface area contributed by atoms with Gasteiger partial charge in [0.05, 0.1) is 6.54 Å². The predicted molar refractivity (Wildman–Crippen MR) is 99.2 cm³/mol. The number of hydrogen-bond acceptors (Lipinski definition) is 3. The van der Waals surface area contributed by atoms with E-state index in [2.05, 4.69) is 4.98 Å². The lowest BCUT2D eigenvalue weighted by Crippen LogP contribution is -2.35. The van der Waals surface area contributed by atoms with Crippen LogP contribution in [-0.2, 0) is 6.54 Å². The maximum Gasteiger partial charge on any atom is 0.261 e. The van der Waals surface area contributed by atoms with Gasteiger partial charge in [-0.05, 0) is 23.8 Å². The molecule has 2 aromatic carbocycles. The SMILES string of the molecule is O=C(c1ccc(-c2ccccc2)[nH]c1=O)N1CCOc2ccccc2C1. The third-order valence-corrected chi connectivity index (χ3v) is 4.46. The number of fused-ring (bicyclic) bond motifs is 1. The van der Waals surface area contributed by atoms with Gasteiger partial charge < -0.3 is 14.6 Å². The number of pyridine rings is 1. The standard InChI is InChI=1S/C21H18N2O3/c24-20-17(10-11-18(22-20)15-6-2-1-3-7-15)21(25)23-12-13-26-19-9-5-4-8-16(19)14-23/h1-11H,12-14H2,(H,22,24). The number of rotatable bonds is 2. The van der Waals surface area contributed by atoms with Crippen molar-refractivity contribution in [3.63, 3.8) is 0 Å². The van der Waals surface area contributed by atoms with Gasteiger partial charge in [-0.3, -0.25) is 9.59 Å². The molecule has 5 nitrogen and oxygen atoms in total. The molecule has 1 aliphatic heterocycles. The van der Waals surface area contributed by atoms with Crippen molar-refractivity contribution in [1.29, 1.82) is 0 Å². The third-order valence-electron chi connectivity index (χ3n) is 4.46. The van der Waals surface area contributed by atoms with Crippen LogP contribution in [0.4, 0.5) is 0 Å². The Morgan fingerprint density at radius 3 is 2.54 bits per heavy atom. The van der Waals surface area contributed by atoms with Gasteiger partial charge >= 0.3 is 0 Å². The molecular formula is C21H18N2O3. The second-order valence-corrected chi connectivity index (χ2v) is 6.16. The highest BCUT2D eigenvalue weighted by Gasteiger charge is 2.22. The van der Waals surface area contributed by atoms with Gasteiger partial charge in [0.15, 0.2) is 0 Å². The van der Waals surface area contributed by atoms with E-state index in [1.807, 2.05) is 54.6 Å². The summed E-state index contributed by atoms with van der Waals surface area (Å²) >= 11 is 0. The Hall–Kier alpha value is -3.34. The highest BCUT2D eigenvalue weighted by molar-refractivity contribution is 5.94. The quantitative estimate of drug-likeness (QED) is 0.776. The number of ether oxygens (including phenoxy) is 1. The number of nitrogens with zero attached hydrogens (tertiary/aromatic N) is 1. The number of aromatic nitrogens is 1. The summed E-state index contributed by atoms with van der Waals surface area (Å²) in [5, 5.41) is 0. The van der Waals surface area contributed by atoms with E-state index in [4.69, 9.17) is 4.74 Å². The van der Waals surface area contributed by atoms with E-state index in [9.17, 15) is 9.59 Å². The topological polar surface area (TPSA) is 62.4 Å². The van der Waals surface area contributed by atoms with E-state index in [1.54, 1.807) is 17.0 Å². The summed E-state index contributed by atoms with van der Waals surface area (Å²) in [6, 6.07) is 20.6. The number of para-hydroxylation sites is 1. The van der Waals surface area contributed by atoms with Crippen molar-refractivity contribution in [1.82, 2.24) is 9.88 Å². The van der Waals surface area contributed by atoms with E-state index >= 15 is 0 Å². The smallest absolute Gasteiger partial charge is 0.261 e. The van der Waals surface area contributed by atoms with Gasteiger partial charge in [0, 0.05) is 17.8 Å². The Kier molecular flexibility index (Phi) is 4.27. The molecule has 0 spiro atoms. The first-order valence-electron chi connectivity index (χ1n) is 8.51. The Labute approximate surface area is 150 Å². The first-order chi connectivity index (χ1) is 12.7. The zero-order valence-corrected chi connectivity index (χ0v) is 14.1. The Bertz CT molecular complexity index is 995. The van der Waals surface area contributed by atoms with Crippen LogP contribution >= 0.6 is 0 Å². The minimum atomic E-state index is -0.380. The predicted octanol–water partition coefficient (Wildman–Crippen LogP) is 3.08. The van der Waals surface area contributed by atoms with E-state index in [0.29, 0.717) is 25.4 Å². The van der Waals surface area contributed by atoms with Crippen molar-refractivity contribution < 1.29 is 9.53 Å². The number of carbonyl (C=O) groups excluding carboxylic acids is 1. The molecule has 4 rings (SSSR count). The summed E-state index contributed by atoms with van der Waals surface area (Å²) in [6.45, 7) is 1.27. The van der Waals surface area contributed by atoms with Gasteiger partial charge in [-0.1, -0.05) is 48.5 Å². The van der Waals surface area contributed by atoms with Crippen LogP contribution in [0.5, 0.6) is 5.75 Å². The van der Waals surface area contributed by atoms with Gasteiger partial charge in [-0.2, -0.15) is 0 Å².